The summed E-state index contributed by atoms with van der Waals surface area (Å²) in [6.07, 6.45) is 29.4. The van der Waals surface area contributed by atoms with Crippen molar-refractivity contribution in [1.82, 2.24) is 5.32 Å². The van der Waals surface area contributed by atoms with E-state index in [2.05, 4.69) is 43.5 Å². The van der Waals surface area contributed by atoms with Gasteiger partial charge in [-0.15, -0.1) is 0 Å². The Labute approximate surface area is 264 Å². The predicted molar refractivity (Wildman–Crippen MR) is 180 cm³/mol. The smallest absolute Gasteiger partial charge is 0.387 e. The molecule has 3 unspecified atom stereocenters. The average molecular weight is 630 g/mol. The number of allylic oxidation sites excluding steroid dienone is 5. The molecule has 0 bridgehead atoms. The van der Waals surface area contributed by atoms with Crippen LogP contribution in [0.2, 0.25) is 0 Å². The largest absolute Gasteiger partial charge is 0.472 e. The van der Waals surface area contributed by atoms with Crippen molar-refractivity contribution >= 4 is 13.7 Å². The molecule has 3 atom stereocenters. The molecule has 0 saturated carbocycles. The summed E-state index contributed by atoms with van der Waals surface area (Å²) in [4.78, 5) is 22.8. The molecule has 0 radical (unpaired) electrons. The Morgan fingerprint density at radius 1 is 0.791 bits per heavy atom. The molecular formula is C34H66N2O6P+. The zero-order chi connectivity index (χ0) is 32.2. The maximum atomic E-state index is 12.7. The van der Waals surface area contributed by atoms with Crippen LogP contribution < -0.4 is 5.32 Å². The normalized spacial score (nSPS) is 15.4. The van der Waals surface area contributed by atoms with Gasteiger partial charge in [-0.3, -0.25) is 13.8 Å². The summed E-state index contributed by atoms with van der Waals surface area (Å²) in [6, 6.07) is -0.847. The van der Waals surface area contributed by atoms with E-state index in [0.717, 1.165) is 70.6 Å². The van der Waals surface area contributed by atoms with Crippen molar-refractivity contribution in [1.29, 1.82) is 0 Å². The average Bonchev–Trinajstić information content (AvgIpc) is 2.94. The van der Waals surface area contributed by atoms with Crippen LogP contribution in [-0.4, -0.2) is 73.4 Å². The van der Waals surface area contributed by atoms with Crippen molar-refractivity contribution in [3.8, 4) is 0 Å². The first-order valence-corrected chi connectivity index (χ1v) is 18.4. The number of quaternary nitrogens is 1. The first-order valence-electron chi connectivity index (χ1n) is 16.9. The van der Waals surface area contributed by atoms with Gasteiger partial charge in [-0.05, 0) is 51.4 Å². The van der Waals surface area contributed by atoms with E-state index in [1.807, 2.05) is 27.2 Å². The van der Waals surface area contributed by atoms with E-state index in [9.17, 15) is 19.4 Å². The molecule has 0 aromatic heterocycles. The number of rotatable bonds is 29. The number of nitrogens with zero attached hydrogens (tertiary/aromatic N) is 1. The maximum absolute atomic E-state index is 12.7. The van der Waals surface area contributed by atoms with Crippen molar-refractivity contribution in [2.75, 3.05) is 40.9 Å². The molecule has 43 heavy (non-hydrogen) atoms. The van der Waals surface area contributed by atoms with Crippen LogP contribution in [0.15, 0.2) is 36.5 Å². The van der Waals surface area contributed by atoms with E-state index in [-0.39, 0.29) is 19.1 Å². The second-order valence-corrected chi connectivity index (χ2v) is 14.0. The maximum Gasteiger partial charge on any atom is 0.472 e. The zero-order valence-electron chi connectivity index (χ0n) is 28.2. The number of phosphoric ester groups is 1. The van der Waals surface area contributed by atoms with Gasteiger partial charge in [-0.2, -0.15) is 0 Å². The third-order valence-corrected chi connectivity index (χ3v) is 8.09. The van der Waals surface area contributed by atoms with Crippen LogP contribution >= 0.6 is 7.82 Å². The van der Waals surface area contributed by atoms with Crippen molar-refractivity contribution in [2.24, 2.45) is 0 Å². The summed E-state index contributed by atoms with van der Waals surface area (Å²) in [5.74, 6) is -0.201. The Hall–Kier alpha value is -1.28. The molecule has 0 rings (SSSR count). The summed E-state index contributed by atoms with van der Waals surface area (Å²) in [7, 11) is 1.55. The summed E-state index contributed by atoms with van der Waals surface area (Å²) >= 11 is 0. The van der Waals surface area contributed by atoms with Gasteiger partial charge >= 0.3 is 7.82 Å². The monoisotopic (exact) mass is 629 g/mol. The van der Waals surface area contributed by atoms with E-state index in [4.69, 9.17) is 9.05 Å². The minimum absolute atomic E-state index is 0.0569. The van der Waals surface area contributed by atoms with Gasteiger partial charge in [0.05, 0.1) is 39.9 Å². The SMILES string of the molecule is CCCCC/C=C\C/C=C\CCCCCCCC(=O)NC(COP(=O)(O)OCC[N+](C)(C)C)C(O)/C=C/CCCCCC. The van der Waals surface area contributed by atoms with E-state index in [0.29, 0.717) is 17.4 Å². The van der Waals surface area contributed by atoms with Crippen molar-refractivity contribution in [2.45, 2.75) is 135 Å². The molecule has 0 aromatic carbocycles. The fourth-order valence-electron chi connectivity index (χ4n) is 4.30. The number of aliphatic hydroxyl groups excluding tert-OH is 1. The number of carbonyl (C=O) groups excluding carboxylic acids is 1. The minimum atomic E-state index is -4.32. The first kappa shape index (κ1) is 41.7. The van der Waals surface area contributed by atoms with Gasteiger partial charge in [-0.1, -0.05) is 102 Å². The molecule has 0 aliphatic carbocycles. The Morgan fingerprint density at radius 2 is 1.33 bits per heavy atom. The van der Waals surface area contributed by atoms with Crippen LogP contribution in [0, 0.1) is 0 Å². The molecule has 3 N–H and O–H groups in total. The highest BCUT2D eigenvalue weighted by atomic mass is 31.2. The standard InChI is InChI=1S/C34H65N2O6P/c1-6-8-10-12-14-15-16-17-18-19-20-21-22-24-26-28-34(38)35-32(33(37)27-25-23-13-11-9-7-2)31-42-43(39,40)41-30-29-36(3,4)5/h14-15,17-18,25,27,32-33,37H,6-13,16,19-24,26,28-31H2,1-5H3,(H-,35,38,39,40)/p+1/b15-14-,18-17-,27-25+. The second-order valence-electron chi connectivity index (χ2n) is 12.5. The van der Waals surface area contributed by atoms with Gasteiger partial charge < -0.3 is 19.8 Å². The minimum Gasteiger partial charge on any atom is -0.387 e. The lowest BCUT2D eigenvalue weighted by molar-refractivity contribution is -0.870. The van der Waals surface area contributed by atoms with Gasteiger partial charge in [0.1, 0.15) is 13.2 Å². The van der Waals surface area contributed by atoms with Gasteiger partial charge in [0.2, 0.25) is 5.91 Å². The van der Waals surface area contributed by atoms with Crippen LogP contribution in [0.3, 0.4) is 0 Å². The number of aliphatic hydroxyl groups is 1. The zero-order valence-corrected chi connectivity index (χ0v) is 29.1. The molecule has 0 aliphatic rings. The number of carbonyl (C=O) groups is 1. The topological polar surface area (TPSA) is 105 Å². The predicted octanol–water partition coefficient (Wildman–Crippen LogP) is 8.01. The van der Waals surface area contributed by atoms with Crippen molar-refractivity contribution in [3.63, 3.8) is 0 Å². The lowest BCUT2D eigenvalue weighted by Crippen LogP contribution is -2.45. The molecule has 0 heterocycles. The number of unbranched alkanes of at least 4 members (excludes halogenated alkanes) is 12. The second kappa shape index (κ2) is 27.1. The molecule has 8 nitrogen and oxygen atoms in total. The van der Waals surface area contributed by atoms with Crippen molar-refractivity contribution in [3.05, 3.63) is 36.5 Å². The first-order chi connectivity index (χ1) is 20.5. The fourth-order valence-corrected chi connectivity index (χ4v) is 5.04. The Bertz CT molecular complexity index is 809. The number of phosphoric acid groups is 1. The van der Waals surface area contributed by atoms with Gasteiger partial charge in [0.15, 0.2) is 0 Å². The number of amides is 1. The van der Waals surface area contributed by atoms with Crippen LogP contribution in [0.1, 0.15) is 123 Å². The van der Waals surface area contributed by atoms with Crippen LogP contribution in [-0.2, 0) is 18.4 Å². The summed E-state index contributed by atoms with van der Waals surface area (Å²) < 4.78 is 23.2. The number of likely N-dealkylation sites (N-methyl/N-ethyl adjacent to an activating group) is 1. The molecule has 9 heteroatoms. The molecule has 0 aliphatic heterocycles. The van der Waals surface area contributed by atoms with E-state index >= 15 is 0 Å². The summed E-state index contributed by atoms with van der Waals surface area (Å²) in [5, 5.41) is 13.5. The molecule has 0 fully saturated rings. The van der Waals surface area contributed by atoms with E-state index in [1.165, 1.54) is 32.1 Å². The summed E-state index contributed by atoms with van der Waals surface area (Å²) in [6.45, 7) is 4.65. The number of nitrogens with one attached hydrogen (secondary N) is 1. The summed E-state index contributed by atoms with van der Waals surface area (Å²) in [5.41, 5.74) is 0. The van der Waals surface area contributed by atoms with Gasteiger partial charge in [-0.25, -0.2) is 4.57 Å². The lowest BCUT2D eigenvalue weighted by Gasteiger charge is -2.25. The van der Waals surface area contributed by atoms with Gasteiger partial charge in [0, 0.05) is 6.42 Å². The third-order valence-electron chi connectivity index (χ3n) is 7.10. The molecule has 0 spiro atoms. The van der Waals surface area contributed by atoms with Crippen molar-refractivity contribution < 1.29 is 32.9 Å². The molecule has 252 valence electrons. The highest BCUT2D eigenvalue weighted by molar-refractivity contribution is 7.47. The molecular weight excluding hydrogens is 563 g/mol. The van der Waals surface area contributed by atoms with Crippen LogP contribution in [0.25, 0.3) is 0 Å². The van der Waals surface area contributed by atoms with Crippen LogP contribution in [0.4, 0.5) is 0 Å². The Morgan fingerprint density at radius 3 is 1.95 bits per heavy atom. The Balaban J connectivity index is 4.49. The fraction of sp³-hybridized carbons (Fsp3) is 0.794. The van der Waals surface area contributed by atoms with E-state index < -0.39 is 20.0 Å². The Kier molecular flexibility index (Phi) is 26.3. The highest BCUT2D eigenvalue weighted by Crippen LogP contribution is 2.43. The number of hydrogen-bond acceptors (Lipinski definition) is 5. The molecule has 0 aromatic rings. The van der Waals surface area contributed by atoms with Crippen LogP contribution in [0.5, 0.6) is 0 Å². The highest BCUT2D eigenvalue weighted by Gasteiger charge is 2.27. The number of hydrogen-bond donors (Lipinski definition) is 3. The quantitative estimate of drug-likeness (QED) is 0.0335. The molecule has 1 amide bonds. The third kappa shape index (κ3) is 29.2. The van der Waals surface area contributed by atoms with Gasteiger partial charge in [0.25, 0.3) is 0 Å². The lowest BCUT2D eigenvalue weighted by atomic mass is 10.1. The van der Waals surface area contributed by atoms with E-state index in [1.54, 1.807) is 6.08 Å². The molecule has 0 saturated heterocycles.